The molecule has 204 valence electrons. The number of hydrogen-bond donors (Lipinski definition) is 0. The number of likely N-dealkylation sites (N-methyl/N-ethyl adjacent to an activating group) is 1. The Labute approximate surface area is 238 Å². The van der Waals surface area contributed by atoms with E-state index in [9.17, 15) is 19.0 Å². The predicted octanol–water partition coefficient (Wildman–Crippen LogP) is 1.71. The van der Waals surface area contributed by atoms with Gasteiger partial charge < -0.3 is 32.5 Å². The Kier molecular flexibility index (Phi) is 22.1. The molecule has 0 N–H and O–H groups in total. The maximum absolute atomic E-state index is 12.8. The van der Waals surface area contributed by atoms with Gasteiger partial charge >= 0.3 is 5.97 Å². The van der Waals surface area contributed by atoms with Gasteiger partial charge in [0, 0.05) is 63.7 Å². The van der Waals surface area contributed by atoms with Gasteiger partial charge in [0.1, 0.15) is 19.8 Å². The molecule has 0 bridgehead atoms. The maximum atomic E-state index is 12.8. The number of hydrogen-bond acceptors (Lipinski definition) is 8. The van der Waals surface area contributed by atoms with Crippen molar-refractivity contribution >= 4 is 29.5 Å². The van der Waals surface area contributed by atoms with E-state index in [0.29, 0.717) is 40.2 Å². The summed E-state index contributed by atoms with van der Waals surface area (Å²) in [4.78, 5) is 38.8. The largest absolute Gasteiger partial charge is 0.756 e. The number of amides is 1. The second kappa shape index (κ2) is 19.4. The van der Waals surface area contributed by atoms with E-state index >= 15 is 0 Å². The van der Waals surface area contributed by atoms with Crippen molar-refractivity contribution in [2.75, 3.05) is 68.2 Å². The second-order valence-electron chi connectivity index (χ2n) is 9.67. The first-order valence-electron chi connectivity index (χ1n) is 11.2. The first kappa shape index (κ1) is 39.9. The smallest absolute Gasteiger partial charge is 0.311 e. The number of ether oxygens (including phenoxy) is 1. The van der Waals surface area contributed by atoms with E-state index in [-0.39, 0.29) is 68.8 Å². The molecule has 1 amide bonds. The number of nitrogens with zero attached hydrogens (tertiary/aromatic N) is 2. The van der Waals surface area contributed by atoms with Gasteiger partial charge in [-0.1, -0.05) is 6.92 Å². The third kappa shape index (κ3) is 19.1. The molecule has 0 fully saturated rings. The van der Waals surface area contributed by atoms with E-state index < -0.39 is 19.2 Å². The minimum absolute atomic E-state index is 0. The summed E-state index contributed by atoms with van der Waals surface area (Å²) in [7, 11) is 5.15. The molecule has 0 aromatic rings. The average Bonchev–Trinajstić information content (AvgIpc) is 2.70. The van der Waals surface area contributed by atoms with Crippen LogP contribution in [0.5, 0.6) is 0 Å². The SMILES string of the molecule is CCC(CC(C)(C)C(=O)OCCOP(=O)([O-])OCC[N+](C)(C)C)C(=O)N(C)CCC[Si]OC.[V].[V]. The predicted molar refractivity (Wildman–Crippen MR) is 125 cm³/mol. The molecule has 14 heteroatoms. The Hall–Kier alpha value is 0.356. The minimum Gasteiger partial charge on any atom is -0.756 e. The summed E-state index contributed by atoms with van der Waals surface area (Å²) in [5, 5.41) is 0. The molecule has 2 atom stereocenters. The quantitative estimate of drug-likeness (QED) is 0.0756. The van der Waals surface area contributed by atoms with Crippen LogP contribution in [0.15, 0.2) is 0 Å². The Morgan fingerprint density at radius 1 is 1.11 bits per heavy atom. The molecule has 35 heavy (non-hydrogen) atoms. The van der Waals surface area contributed by atoms with Crippen LogP contribution in [-0.4, -0.2) is 99.2 Å². The molecule has 0 aliphatic heterocycles. The van der Waals surface area contributed by atoms with Crippen LogP contribution in [0.1, 0.15) is 40.0 Å². The number of esters is 1. The van der Waals surface area contributed by atoms with E-state index in [1.807, 2.05) is 28.1 Å². The molecule has 0 spiro atoms. The van der Waals surface area contributed by atoms with E-state index in [1.54, 1.807) is 32.9 Å². The summed E-state index contributed by atoms with van der Waals surface area (Å²) >= 11 is 0. The van der Waals surface area contributed by atoms with Gasteiger partial charge in [0.2, 0.25) is 15.7 Å². The van der Waals surface area contributed by atoms with Gasteiger partial charge in [0.15, 0.2) is 0 Å². The van der Waals surface area contributed by atoms with Gasteiger partial charge in [0.25, 0.3) is 7.82 Å². The van der Waals surface area contributed by atoms with Gasteiger partial charge in [-0.2, -0.15) is 0 Å². The topological polar surface area (TPSA) is 114 Å². The zero-order chi connectivity index (χ0) is 25.7. The normalized spacial score (nSPS) is 14.2. The van der Waals surface area contributed by atoms with Crippen molar-refractivity contribution in [3.63, 3.8) is 0 Å². The maximum Gasteiger partial charge on any atom is 0.311 e. The van der Waals surface area contributed by atoms with Gasteiger partial charge in [-0.05, 0) is 39.2 Å². The van der Waals surface area contributed by atoms with Gasteiger partial charge in [-0.3, -0.25) is 14.2 Å². The molecule has 10 nitrogen and oxygen atoms in total. The summed E-state index contributed by atoms with van der Waals surface area (Å²) in [6.45, 7) is 5.95. The van der Waals surface area contributed by atoms with Crippen LogP contribution >= 0.6 is 7.82 Å². The standard InChI is InChI=1S/C21H43N2O8PSi.2V/c1-9-18(19(24)22(4)11-10-16-33-28-8)17-21(2,3)20(25)29-14-15-31-32(26,27)30-13-12-23(5,6)7;;/h18H,9-17H2,1-8H3;;. The molecule has 0 aliphatic carbocycles. The zero-order valence-corrected chi connectivity index (χ0v) is 27.1. The van der Waals surface area contributed by atoms with Crippen LogP contribution < -0.4 is 4.89 Å². The van der Waals surface area contributed by atoms with E-state index in [0.717, 1.165) is 12.5 Å². The summed E-state index contributed by atoms with van der Waals surface area (Å²) in [6, 6.07) is 0.905. The van der Waals surface area contributed by atoms with Crippen LogP contribution in [0.2, 0.25) is 6.04 Å². The molecular weight excluding hydrogens is 569 g/mol. The molecule has 0 rings (SSSR count). The fourth-order valence-corrected chi connectivity index (χ4v) is 4.14. The second-order valence-corrected chi connectivity index (χ2v) is 12.3. The van der Waals surface area contributed by atoms with E-state index in [4.69, 9.17) is 18.2 Å². The van der Waals surface area contributed by atoms with Crippen molar-refractivity contribution in [3.05, 3.63) is 0 Å². The summed E-state index contributed by atoms with van der Waals surface area (Å²) < 4.78 is 32.2. The third-order valence-electron chi connectivity index (χ3n) is 5.02. The summed E-state index contributed by atoms with van der Waals surface area (Å²) in [6.07, 6.45) is 1.80. The van der Waals surface area contributed by atoms with Crippen molar-refractivity contribution in [1.29, 1.82) is 0 Å². The third-order valence-corrected chi connectivity index (χ3v) is 6.87. The zero-order valence-electron chi connectivity index (χ0n) is 22.4. The monoisotopic (exact) mass is 612 g/mol. The molecule has 4 radical (unpaired) electrons. The Morgan fingerprint density at radius 2 is 1.69 bits per heavy atom. The number of carbonyl (C=O) groups excluding carboxylic acids is 2. The van der Waals surface area contributed by atoms with Crippen LogP contribution in [0.25, 0.3) is 0 Å². The van der Waals surface area contributed by atoms with Crippen LogP contribution in [-0.2, 0) is 69.5 Å². The Bertz CT molecular complexity index is 653. The number of carbonyl (C=O) groups is 2. The van der Waals surface area contributed by atoms with Crippen molar-refractivity contribution in [3.8, 4) is 0 Å². The fraction of sp³-hybridized carbons (Fsp3) is 0.905. The van der Waals surface area contributed by atoms with Gasteiger partial charge in [-0.25, -0.2) is 0 Å². The first-order valence-corrected chi connectivity index (χ1v) is 13.8. The molecule has 0 aromatic carbocycles. The number of quaternary nitrogens is 1. The van der Waals surface area contributed by atoms with Crippen molar-refractivity contribution < 1.29 is 78.9 Å². The Morgan fingerprint density at radius 3 is 2.20 bits per heavy atom. The van der Waals surface area contributed by atoms with Crippen LogP contribution in [0.3, 0.4) is 0 Å². The Balaban J connectivity index is -0.00000512. The fourth-order valence-electron chi connectivity index (χ4n) is 2.96. The van der Waals surface area contributed by atoms with Gasteiger partial charge in [-0.15, -0.1) is 0 Å². The molecule has 0 heterocycles. The van der Waals surface area contributed by atoms with Crippen molar-refractivity contribution in [2.45, 2.75) is 46.1 Å². The van der Waals surface area contributed by atoms with E-state index in [1.165, 1.54) is 0 Å². The first-order chi connectivity index (χ1) is 15.1. The average molecular weight is 613 g/mol. The summed E-state index contributed by atoms with van der Waals surface area (Å²) in [5.74, 6) is -0.816. The van der Waals surface area contributed by atoms with Gasteiger partial charge in [0.05, 0.1) is 33.2 Å². The molecule has 0 saturated carbocycles. The molecule has 0 aliphatic rings. The van der Waals surface area contributed by atoms with E-state index in [2.05, 4.69) is 0 Å². The minimum atomic E-state index is -4.45. The van der Waals surface area contributed by atoms with Crippen molar-refractivity contribution in [2.24, 2.45) is 11.3 Å². The summed E-state index contributed by atoms with van der Waals surface area (Å²) in [5.41, 5.74) is -0.906. The van der Waals surface area contributed by atoms with Crippen molar-refractivity contribution in [1.82, 2.24) is 4.90 Å². The molecular formula is C21H43N2O8PSiV2. The molecule has 0 aromatic heterocycles. The molecule has 0 saturated heterocycles. The molecule has 2 unspecified atom stereocenters. The number of rotatable bonds is 18. The number of phosphoric acid groups is 1. The van der Waals surface area contributed by atoms with Crippen LogP contribution in [0.4, 0.5) is 0 Å². The van der Waals surface area contributed by atoms with Crippen LogP contribution in [0, 0.1) is 11.3 Å². The number of phosphoric ester groups is 1.